The lowest BCUT2D eigenvalue weighted by molar-refractivity contribution is -0.118. The maximum absolute atomic E-state index is 13.2. The molecule has 0 aliphatic rings. The summed E-state index contributed by atoms with van der Waals surface area (Å²) in [5.74, 6) is -0.611. The van der Waals surface area contributed by atoms with Gasteiger partial charge in [0.05, 0.1) is 6.04 Å². The Hall–Kier alpha value is -3.18. The molecule has 4 nitrogen and oxygen atoms in total. The summed E-state index contributed by atoms with van der Waals surface area (Å²) < 4.78 is 0. The molecule has 0 bridgehead atoms. The molecule has 154 valence electrons. The Bertz CT molecular complexity index is 1050. The predicted octanol–water partition coefficient (Wildman–Crippen LogP) is 5.40. The number of aryl methyl sites for hydroxylation is 2. The minimum Gasteiger partial charge on any atom is -0.344 e. The molecule has 0 unspecified atom stereocenters. The van der Waals surface area contributed by atoms with E-state index >= 15 is 0 Å². The van der Waals surface area contributed by atoms with Crippen LogP contribution in [0, 0.1) is 13.8 Å². The lowest BCUT2D eigenvalue weighted by Gasteiger charge is -2.20. The van der Waals surface area contributed by atoms with E-state index in [-0.39, 0.29) is 23.6 Å². The minimum absolute atomic E-state index is 0.138. The van der Waals surface area contributed by atoms with E-state index in [1.54, 1.807) is 18.2 Å². The van der Waals surface area contributed by atoms with Crippen molar-refractivity contribution in [3.8, 4) is 0 Å². The van der Waals surface area contributed by atoms with Crippen molar-refractivity contribution >= 4 is 29.2 Å². The van der Waals surface area contributed by atoms with Gasteiger partial charge in [0, 0.05) is 10.4 Å². The third-order valence-electron chi connectivity index (χ3n) is 4.88. The molecule has 0 radical (unpaired) electrons. The van der Waals surface area contributed by atoms with Gasteiger partial charge in [-0.2, -0.15) is 0 Å². The molecule has 0 spiro atoms. The van der Waals surface area contributed by atoms with Crippen LogP contribution in [0.4, 0.5) is 0 Å². The van der Waals surface area contributed by atoms with Crippen LogP contribution in [0.5, 0.6) is 0 Å². The van der Waals surface area contributed by atoms with E-state index in [4.69, 9.17) is 0 Å². The lowest BCUT2D eigenvalue weighted by Crippen LogP contribution is -2.37. The van der Waals surface area contributed by atoms with Gasteiger partial charge in [0.2, 0.25) is 0 Å². The molecule has 1 atom stereocenters. The maximum atomic E-state index is 13.2. The summed E-state index contributed by atoms with van der Waals surface area (Å²) in [5, 5.41) is 7.83. The molecule has 2 amide bonds. The van der Waals surface area contributed by atoms with Crippen molar-refractivity contribution in [2.45, 2.75) is 33.2 Å². The summed E-state index contributed by atoms with van der Waals surface area (Å²) in [4.78, 5) is 26.9. The Labute approximate surface area is 181 Å². The highest BCUT2D eigenvalue weighted by Gasteiger charge is 2.20. The second-order valence-electron chi connectivity index (χ2n) is 7.19. The highest BCUT2D eigenvalue weighted by atomic mass is 32.1. The zero-order valence-electron chi connectivity index (χ0n) is 17.4. The van der Waals surface area contributed by atoms with Gasteiger partial charge in [0.15, 0.2) is 0 Å². The van der Waals surface area contributed by atoms with Gasteiger partial charge in [-0.3, -0.25) is 9.59 Å². The van der Waals surface area contributed by atoms with E-state index in [1.807, 2.05) is 74.7 Å². The third-order valence-corrected chi connectivity index (χ3v) is 5.70. The Kier molecular flexibility index (Phi) is 7.20. The molecule has 3 aromatic rings. The summed E-state index contributed by atoms with van der Waals surface area (Å²) in [6.45, 7) is 6.00. The molecule has 0 fully saturated rings. The molecule has 30 heavy (non-hydrogen) atoms. The average Bonchev–Trinajstić information content (AvgIpc) is 3.25. The SMILES string of the molecule is CC[C@@H](NC(=O)/C(=C/c1cccs1)NC(=O)c1cccc(C)c1)c1ccccc1C. The smallest absolute Gasteiger partial charge is 0.268 e. The summed E-state index contributed by atoms with van der Waals surface area (Å²) in [5.41, 5.74) is 3.94. The zero-order valence-corrected chi connectivity index (χ0v) is 18.3. The summed E-state index contributed by atoms with van der Waals surface area (Å²) in [6.07, 6.45) is 2.47. The van der Waals surface area contributed by atoms with Crippen molar-refractivity contribution in [1.29, 1.82) is 0 Å². The van der Waals surface area contributed by atoms with Gasteiger partial charge in [-0.05, 0) is 61.1 Å². The van der Waals surface area contributed by atoms with Crippen molar-refractivity contribution in [3.63, 3.8) is 0 Å². The fourth-order valence-electron chi connectivity index (χ4n) is 3.27. The molecule has 2 aromatic carbocycles. The monoisotopic (exact) mass is 418 g/mol. The molecule has 5 heteroatoms. The molecule has 0 aliphatic heterocycles. The van der Waals surface area contributed by atoms with E-state index in [2.05, 4.69) is 10.6 Å². The number of rotatable bonds is 7. The highest BCUT2D eigenvalue weighted by molar-refractivity contribution is 7.10. The number of carbonyl (C=O) groups excluding carboxylic acids is 2. The molecule has 3 rings (SSSR count). The molecule has 0 saturated carbocycles. The van der Waals surface area contributed by atoms with E-state index in [0.29, 0.717) is 5.56 Å². The summed E-state index contributed by atoms with van der Waals surface area (Å²) in [6, 6.07) is 19.0. The van der Waals surface area contributed by atoms with E-state index in [1.165, 1.54) is 11.3 Å². The van der Waals surface area contributed by atoms with Crippen molar-refractivity contribution in [3.05, 3.63) is 98.9 Å². The summed E-state index contributed by atoms with van der Waals surface area (Å²) in [7, 11) is 0. The maximum Gasteiger partial charge on any atom is 0.268 e. The number of thiophene rings is 1. The normalized spacial score (nSPS) is 12.3. The number of benzene rings is 2. The first kappa shape index (κ1) is 21.5. The van der Waals surface area contributed by atoms with Crippen LogP contribution in [-0.4, -0.2) is 11.8 Å². The zero-order chi connectivity index (χ0) is 21.5. The van der Waals surface area contributed by atoms with E-state index in [9.17, 15) is 9.59 Å². The lowest BCUT2D eigenvalue weighted by atomic mass is 9.99. The molecule has 0 aliphatic carbocycles. The van der Waals surface area contributed by atoms with Crippen LogP contribution in [0.3, 0.4) is 0 Å². The van der Waals surface area contributed by atoms with Gasteiger partial charge in [-0.1, -0.05) is 55.0 Å². The molecule has 0 saturated heterocycles. The van der Waals surface area contributed by atoms with Crippen molar-refractivity contribution in [2.75, 3.05) is 0 Å². The van der Waals surface area contributed by atoms with Gasteiger partial charge >= 0.3 is 0 Å². The Morgan fingerprint density at radius 3 is 2.50 bits per heavy atom. The van der Waals surface area contributed by atoms with Crippen LogP contribution in [0.1, 0.15) is 51.3 Å². The molecule has 1 aromatic heterocycles. The first-order valence-corrected chi connectivity index (χ1v) is 10.9. The number of hydrogen-bond acceptors (Lipinski definition) is 3. The second-order valence-corrected chi connectivity index (χ2v) is 8.17. The Morgan fingerprint density at radius 1 is 1.03 bits per heavy atom. The fourth-order valence-corrected chi connectivity index (χ4v) is 3.93. The van der Waals surface area contributed by atoms with E-state index in [0.717, 1.165) is 28.0 Å². The van der Waals surface area contributed by atoms with Gasteiger partial charge in [0.25, 0.3) is 11.8 Å². The van der Waals surface area contributed by atoms with Crippen LogP contribution < -0.4 is 10.6 Å². The average molecular weight is 419 g/mol. The third kappa shape index (κ3) is 5.45. The number of amides is 2. The highest BCUT2D eigenvalue weighted by Crippen LogP contribution is 2.21. The summed E-state index contributed by atoms with van der Waals surface area (Å²) >= 11 is 1.51. The van der Waals surface area contributed by atoms with Crippen LogP contribution in [0.15, 0.2) is 71.7 Å². The minimum atomic E-state index is -0.306. The first-order chi connectivity index (χ1) is 14.5. The van der Waals surface area contributed by atoms with Crippen LogP contribution in [0.2, 0.25) is 0 Å². The quantitative estimate of drug-likeness (QED) is 0.505. The molecule has 1 heterocycles. The van der Waals surface area contributed by atoms with Crippen LogP contribution >= 0.6 is 11.3 Å². The van der Waals surface area contributed by atoms with Crippen LogP contribution in [-0.2, 0) is 4.79 Å². The second kappa shape index (κ2) is 10.0. The molecule has 2 N–H and O–H groups in total. The van der Waals surface area contributed by atoms with Gasteiger partial charge in [-0.25, -0.2) is 0 Å². The topological polar surface area (TPSA) is 58.2 Å². The van der Waals surface area contributed by atoms with Gasteiger partial charge in [-0.15, -0.1) is 11.3 Å². The molecular weight excluding hydrogens is 392 g/mol. The standard InChI is InChI=1S/C25H26N2O2S/c1-4-22(21-13-6-5-10-18(21)3)26-25(29)23(16-20-12-8-14-30-20)27-24(28)19-11-7-9-17(2)15-19/h5-16,22H,4H2,1-3H3,(H,26,29)(H,27,28)/b23-16-/t22-/m1/s1. The fraction of sp³-hybridized carbons (Fsp3) is 0.200. The first-order valence-electron chi connectivity index (χ1n) is 9.97. The number of carbonyl (C=O) groups is 2. The van der Waals surface area contributed by atoms with Gasteiger partial charge in [0.1, 0.15) is 5.70 Å². The van der Waals surface area contributed by atoms with Crippen molar-refractivity contribution in [2.24, 2.45) is 0 Å². The number of hydrogen-bond donors (Lipinski definition) is 2. The van der Waals surface area contributed by atoms with E-state index < -0.39 is 0 Å². The number of nitrogens with one attached hydrogen (secondary N) is 2. The predicted molar refractivity (Wildman–Crippen MR) is 123 cm³/mol. The largest absolute Gasteiger partial charge is 0.344 e. The van der Waals surface area contributed by atoms with Crippen molar-refractivity contribution in [1.82, 2.24) is 10.6 Å². The Morgan fingerprint density at radius 2 is 1.83 bits per heavy atom. The van der Waals surface area contributed by atoms with Crippen LogP contribution in [0.25, 0.3) is 6.08 Å². The van der Waals surface area contributed by atoms with Gasteiger partial charge < -0.3 is 10.6 Å². The Balaban J connectivity index is 1.85. The van der Waals surface area contributed by atoms with Crippen molar-refractivity contribution < 1.29 is 9.59 Å². The molecular formula is C25H26N2O2S.